The number of aryl methyl sites for hydroxylation is 1. The zero-order valence-corrected chi connectivity index (χ0v) is 14.6. The van der Waals surface area contributed by atoms with E-state index in [9.17, 15) is 13.2 Å². The van der Waals surface area contributed by atoms with Crippen LogP contribution in [-0.2, 0) is 21.1 Å². The first-order valence-electron chi connectivity index (χ1n) is 7.92. The number of sulfone groups is 1. The van der Waals surface area contributed by atoms with Crippen molar-refractivity contribution in [2.75, 3.05) is 18.6 Å². The maximum absolute atomic E-state index is 11.9. The molecule has 1 fully saturated rings. The lowest BCUT2D eigenvalue weighted by atomic mass is 10.2. The lowest BCUT2D eigenvalue weighted by Crippen LogP contribution is -2.35. The molecule has 134 valence electrons. The second-order valence-corrected chi connectivity index (χ2v) is 8.13. The van der Waals surface area contributed by atoms with Crippen LogP contribution in [0, 0.1) is 0 Å². The predicted octanol–water partition coefficient (Wildman–Crippen LogP) is 0.981. The van der Waals surface area contributed by atoms with Crippen molar-refractivity contribution in [3.63, 3.8) is 0 Å². The normalized spacial score (nSPS) is 18.8. The van der Waals surface area contributed by atoms with Crippen molar-refractivity contribution in [2.24, 2.45) is 0 Å². The molecular formula is C16H19N3O5S. The molecule has 0 aliphatic carbocycles. The van der Waals surface area contributed by atoms with Crippen LogP contribution in [0.25, 0.3) is 11.5 Å². The van der Waals surface area contributed by atoms with Gasteiger partial charge in [-0.2, -0.15) is 0 Å². The van der Waals surface area contributed by atoms with E-state index in [0.29, 0.717) is 24.6 Å². The van der Waals surface area contributed by atoms with Crippen LogP contribution in [0.5, 0.6) is 5.75 Å². The van der Waals surface area contributed by atoms with Crippen LogP contribution in [0.1, 0.15) is 18.7 Å². The van der Waals surface area contributed by atoms with Gasteiger partial charge in [0.15, 0.2) is 9.84 Å². The summed E-state index contributed by atoms with van der Waals surface area (Å²) in [5, 5.41) is 10.6. The molecule has 0 bridgehead atoms. The molecule has 1 saturated heterocycles. The third kappa shape index (κ3) is 4.56. The third-order valence-electron chi connectivity index (χ3n) is 3.97. The summed E-state index contributed by atoms with van der Waals surface area (Å²) in [6.45, 7) is 0. The zero-order chi connectivity index (χ0) is 17.9. The van der Waals surface area contributed by atoms with Crippen molar-refractivity contribution in [3.05, 3.63) is 30.2 Å². The van der Waals surface area contributed by atoms with Gasteiger partial charge in [-0.1, -0.05) is 0 Å². The van der Waals surface area contributed by atoms with E-state index in [2.05, 4.69) is 15.5 Å². The van der Waals surface area contributed by atoms with Gasteiger partial charge in [-0.05, 0) is 30.7 Å². The van der Waals surface area contributed by atoms with E-state index < -0.39 is 9.84 Å². The van der Waals surface area contributed by atoms with Crippen LogP contribution in [0.3, 0.4) is 0 Å². The minimum Gasteiger partial charge on any atom is -0.497 e. The molecule has 9 heteroatoms. The summed E-state index contributed by atoms with van der Waals surface area (Å²) in [5.74, 6) is 1.40. The number of nitrogens with one attached hydrogen (secondary N) is 1. The van der Waals surface area contributed by atoms with Gasteiger partial charge >= 0.3 is 0 Å². The molecule has 1 amide bonds. The first-order valence-corrected chi connectivity index (χ1v) is 9.74. The monoisotopic (exact) mass is 365 g/mol. The molecule has 25 heavy (non-hydrogen) atoms. The van der Waals surface area contributed by atoms with E-state index >= 15 is 0 Å². The fraction of sp³-hybridized carbons (Fsp3) is 0.438. The fourth-order valence-corrected chi connectivity index (χ4v) is 4.31. The summed E-state index contributed by atoms with van der Waals surface area (Å²) in [6.07, 6.45) is 0.936. The predicted molar refractivity (Wildman–Crippen MR) is 89.8 cm³/mol. The van der Waals surface area contributed by atoms with Crippen molar-refractivity contribution >= 4 is 15.7 Å². The number of nitrogens with zero attached hydrogens (tertiary/aromatic N) is 2. The lowest BCUT2D eigenvalue weighted by molar-refractivity contribution is -0.121. The first kappa shape index (κ1) is 17.4. The van der Waals surface area contributed by atoms with Gasteiger partial charge in [0.25, 0.3) is 0 Å². The SMILES string of the molecule is COc1ccc(-c2nnc(CCC(=O)NC3CCS(=O)(=O)C3)o2)cc1. The van der Waals surface area contributed by atoms with Crippen molar-refractivity contribution in [1.29, 1.82) is 0 Å². The number of carbonyl (C=O) groups excluding carboxylic acids is 1. The molecule has 3 rings (SSSR count). The molecule has 1 aromatic heterocycles. The summed E-state index contributed by atoms with van der Waals surface area (Å²) in [6, 6.07) is 6.91. The number of benzene rings is 1. The number of methoxy groups -OCH3 is 1. The lowest BCUT2D eigenvalue weighted by Gasteiger charge is -2.09. The highest BCUT2D eigenvalue weighted by atomic mass is 32.2. The van der Waals surface area contributed by atoms with Crippen molar-refractivity contribution in [2.45, 2.75) is 25.3 Å². The van der Waals surface area contributed by atoms with E-state index in [1.807, 2.05) is 12.1 Å². The van der Waals surface area contributed by atoms with Gasteiger partial charge in [-0.25, -0.2) is 8.42 Å². The summed E-state index contributed by atoms with van der Waals surface area (Å²) < 4.78 is 33.4. The van der Waals surface area contributed by atoms with Crippen LogP contribution >= 0.6 is 0 Å². The number of carbonyl (C=O) groups is 1. The Bertz CT molecular complexity index is 845. The van der Waals surface area contributed by atoms with Crippen molar-refractivity contribution < 1.29 is 22.4 Å². The van der Waals surface area contributed by atoms with Crippen LogP contribution in [0.4, 0.5) is 0 Å². The molecule has 1 unspecified atom stereocenters. The summed E-state index contributed by atoms with van der Waals surface area (Å²) in [5.41, 5.74) is 0.764. The maximum atomic E-state index is 11.9. The molecule has 1 atom stereocenters. The summed E-state index contributed by atoms with van der Waals surface area (Å²) >= 11 is 0. The molecule has 1 aromatic carbocycles. The second kappa shape index (κ2) is 7.22. The van der Waals surface area contributed by atoms with Crippen LogP contribution in [0.15, 0.2) is 28.7 Å². The van der Waals surface area contributed by atoms with Crippen molar-refractivity contribution in [3.8, 4) is 17.2 Å². The molecule has 2 heterocycles. The summed E-state index contributed by atoms with van der Waals surface area (Å²) in [7, 11) is -1.42. The molecule has 1 aliphatic heterocycles. The Morgan fingerprint density at radius 1 is 1.32 bits per heavy atom. The van der Waals surface area contributed by atoms with Gasteiger partial charge in [0.2, 0.25) is 17.7 Å². The van der Waals surface area contributed by atoms with E-state index in [4.69, 9.17) is 9.15 Å². The van der Waals surface area contributed by atoms with Crippen LogP contribution in [0.2, 0.25) is 0 Å². The number of rotatable bonds is 6. The van der Waals surface area contributed by atoms with E-state index in [0.717, 1.165) is 11.3 Å². The molecule has 1 aliphatic rings. The molecule has 8 nitrogen and oxygen atoms in total. The Morgan fingerprint density at radius 3 is 2.72 bits per heavy atom. The Labute approximate surface area is 145 Å². The van der Waals surface area contributed by atoms with Crippen LogP contribution in [-0.4, -0.2) is 49.2 Å². The fourth-order valence-electron chi connectivity index (χ4n) is 2.63. The molecule has 1 N–H and O–H groups in total. The Kier molecular flexibility index (Phi) is 5.03. The van der Waals surface area contributed by atoms with Crippen LogP contribution < -0.4 is 10.1 Å². The second-order valence-electron chi connectivity index (χ2n) is 5.90. The van der Waals surface area contributed by atoms with Gasteiger partial charge in [-0.3, -0.25) is 4.79 Å². The third-order valence-corrected chi connectivity index (χ3v) is 5.74. The smallest absolute Gasteiger partial charge is 0.247 e. The number of aromatic nitrogens is 2. The minimum absolute atomic E-state index is 0.0148. The maximum Gasteiger partial charge on any atom is 0.247 e. The highest BCUT2D eigenvalue weighted by Gasteiger charge is 2.28. The average molecular weight is 365 g/mol. The number of amides is 1. The summed E-state index contributed by atoms with van der Waals surface area (Å²) in [4.78, 5) is 11.9. The topological polar surface area (TPSA) is 111 Å². The largest absolute Gasteiger partial charge is 0.497 e. The Hall–Kier alpha value is -2.42. The van der Waals surface area contributed by atoms with Gasteiger partial charge in [-0.15, -0.1) is 10.2 Å². The average Bonchev–Trinajstić information content (AvgIpc) is 3.19. The highest BCUT2D eigenvalue weighted by molar-refractivity contribution is 7.91. The molecule has 0 radical (unpaired) electrons. The quantitative estimate of drug-likeness (QED) is 0.812. The standard InChI is InChI=1S/C16H19N3O5S/c1-23-13-4-2-11(3-5-13)16-19-18-15(24-16)7-6-14(20)17-12-8-9-25(21,22)10-12/h2-5,12H,6-10H2,1H3,(H,17,20). The van der Waals surface area contributed by atoms with Crippen molar-refractivity contribution in [1.82, 2.24) is 15.5 Å². The van der Waals surface area contributed by atoms with E-state index in [1.54, 1.807) is 19.2 Å². The van der Waals surface area contributed by atoms with Gasteiger partial charge < -0.3 is 14.5 Å². The number of hydrogen-bond acceptors (Lipinski definition) is 7. The molecular weight excluding hydrogens is 346 g/mol. The molecule has 2 aromatic rings. The Balaban J connectivity index is 1.52. The molecule has 0 saturated carbocycles. The highest BCUT2D eigenvalue weighted by Crippen LogP contribution is 2.21. The number of hydrogen-bond donors (Lipinski definition) is 1. The van der Waals surface area contributed by atoms with E-state index in [1.165, 1.54) is 0 Å². The van der Waals surface area contributed by atoms with Gasteiger partial charge in [0.1, 0.15) is 5.75 Å². The zero-order valence-electron chi connectivity index (χ0n) is 13.8. The minimum atomic E-state index is -3.01. The molecule has 0 spiro atoms. The number of ether oxygens (including phenoxy) is 1. The van der Waals surface area contributed by atoms with Gasteiger partial charge in [0.05, 0.1) is 18.6 Å². The van der Waals surface area contributed by atoms with Gasteiger partial charge in [0, 0.05) is 24.4 Å². The van der Waals surface area contributed by atoms with E-state index in [-0.39, 0.29) is 29.9 Å². The first-order chi connectivity index (χ1) is 11.9. The Morgan fingerprint density at radius 2 is 2.08 bits per heavy atom.